The number of ether oxygens (including phenoxy) is 1. The van der Waals surface area contributed by atoms with Crippen molar-refractivity contribution >= 4 is 5.91 Å². The number of rotatable bonds is 8. The first-order chi connectivity index (χ1) is 16.6. The number of halogens is 3. The summed E-state index contributed by atoms with van der Waals surface area (Å²) >= 11 is 0. The van der Waals surface area contributed by atoms with E-state index >= 15 is 0 Å². The van der Waals surface area contributed by atoms with Gasteiger partial charge in [-0.3, -0.25) is 9.69 Å². The fourth-order valence-corrected chi connectivity index (χ4v) is 5.42. The van der Waals surface area contributed by atoms with Crippen molar-refractivity contribution in [1.29, 1.82) is 0 Å². The second kappa shape index (κ2) is 10.2. The van der Waals surface area contributed by atoms with E-state index in [1.165, 1.54) is 23.3 Å². The molecule has 2 saturated heterocycles. The lowest BCUT2D eigenvalue weighted by atomic mass is 9.96. The minimum absolute atomic E-state index is 0.0730. The number of nitrogens with two attached hydrogens (primary N) is 1. The Morgan fingerprint density at radius 3 is 2.37 bits per heavy atom. The van der Waals surface area contributed by atoms with Crippen LogP contribution in [0.15, 0.2) is 36.4 Å². The van der Waals surface area contributed by atoms with E-state index in [2.05, 4.69) is 31.7 Å². The number of nitrogens with zero attached hydrogens (tertiary/aromatic N) is 2. The number of carbonyl (C=O) groups is 1. The van der Waals surface area contributed by atoms with Crippen LogP contribution >= 0.6 is 0 Å². The minimum Gasteiger partial charge on any atom is -0.493 e. The van der Waals surface area contributed by atoms with Gasteiger partial charge in [0, 0.05) is 36.8 Å². The van der Waals surface area contributed by atoms with Crippen LogP contribution in [0.3, 0.4) is 0 Å². The number of hydrogen-bond donors (Lipinski definition) is 1. The summed E-state index contributed by atoms with van der Waals surface area (Å²) in [6.45, 7) is 9.09. The molecule has 35 heavy (non-hydrogen) atoms. The quantitative estimate of drug-likeness (QED) is 0.524. The largest absolute Gasteiger partial charge is 0.493 e. The van der Waals surface area contributed by atoms with Crippen LogP contribution < -0.4 is 10.5 Å². The zero-order valence-corrected chi connectivity index (χ0v) is 20.6. The van der Waals surface area contributed by atoms with Crippen molar-refractivity contribution in [3.63, 3.8) is 0 Å². The summed E-state index contributed by atoms with van der Waals surface area (Å²) in [6.07, 6.45) is -1.64. The summed E-state index contributed by atoms with van der Waals surface area (Å²) in [7, 11) is 0. The highest BCUT2D eigenvalue weighted by molar-refractivity contribution is 5.94. The molecule has 190 valence electrons. The van der Waals surface area contributed by atoms with Crippen molar-refractivity contribution in [2.45, 2.75) is 64.3 Å². The molecule has 2 N–H and O–H groups in total. The molecule has 4 rings (SSSR count). The third kappa shape index (κ3) is 5.19. The first-order valence-electron chi connectivity index (χ1n) is 12.3. The van der Waals surface area contributed by atoms with Crippen LogP contribution in [-0.4, -0.2) is 54.0 Å². The first-order valence-corrected chi connectivity index (χ1v) is 12.3. The van der Waals surface area contributed by atoms with Crippen LogP contribution in [0.2, 0.25) is 0 Å². The van der Waals surface area contributed by atoms with E-state index in [9.17, 15) is 18.0 Å². The van der Waals surface area contributed by atoms with Gasteiger partial charge >= 0.3 is 6.18 Å². The fourth-order valence-electron chi connectivity index (χ4n) is 5.42. The number of alkyl halides is 3. The number of likely N-dealkylation sites (tertiary alicyclic amines) is 2. The van der Waals surface area contributed by atoms with Crippen molar-refractivity contribution in [2.24, 2.45) is 5.73 Å². The Balaban J connectivity index is 1.40. The molecule has 1 amide bonds. The lowest BCUT2D eigenvalue weighted by molar-refractivity contribution is -0.137. The maximum Gasteiger partial charge on any atom is 0.416 e. The van der Waals surface area contributed by atoms with E-state index in [-0.39, 0.29) is 24.0 Å². The SMILES string of the molecule is Cc1c(OCCCCN)ccc([C@H](C)N2C[C@H]3C[C@@H]2CN3C(=O)c2ccc(C(F)(F)F)cc2)c1C. The molecule has 2 aromatic carbocycles. The predicted octanol–water partition coefficient (Wildman–Crippen LogP) is 5.10. The van der Waals surface area contributed by atoms with Crippen LogP contribution in [-0.2, 0) is 6.18 Å². The molecule has 5 nitrogen and oxygen atoms in total. The Morgan fingerprint density at radius 1 is 1.06 bits per heavy atom. The molecule has 2 aromatic rings. The lowest BCUT2D eigenvalue weighted by Gasteiger charge is -2.38. The number of amides is 1. The van der Waals surface area contributed by atoms with Crippen LogP contribution in [0.4, 0.5) is 13.2 Å². The van der Waals surface area contributed by atoms with Crippen LogP contribution in [0.25, 0.3) is 0 Å². The average Bonchev–Trinajstić information content (AvgIpc) is 3.44. The fraction of sp³-hybridized carbons (Fsp3) is 0.519. The average molecular weight is 490 g/mol. The Labute approximate surface area is 205 Å². The number of hydrogen-bond acceptors (Lipinski definition) is 4. The molecule has 0 aromatic heterocycles. The summed E-state index contributed by atoms with van der Waals surface area (Å²) in [5.74, 6) is 0.716. The summed E-state index contributed by atoms with van der Waals surface area (Å²) in [5.41, 5.74) is 8.73. The summed E-state index contributed by atoms with van der Waals surface area (Å²) < 4.78 is 44.5. The number of piperazine rings is 1. The highest BCUT2D eigenvalue weighted by atomic mass is 19.4. The Morgan fingerprint density at radius 2 is 1.77 bits per heavy atom. The van der Waals surface area contributed by atoms with Gasteiger partial charge in [-0.2, -0.15) is 13.2 Å². The van der Waals surface area contributed by atoms with Gasteiger partial charge in [-0.1, -0.05) is 6.07 Å². The van der Waals surface area contributed by atoms with E-state index < -0.39 is 11.7 Å². The third-order valence-electron chi connectivity index (χ3n) is 7.59. The third-order valence-corrected chi connectivity index (χ3v) is 7.59. The molecule has 2 heterocycles. The standard InChI is InChI=1S/C27H34F3N3O2/c1-17-18(2)25(35-13-5-4-12-31)11-10-24(17)19(3)32-15-23-14-22(32)16-33(23)26(34)20-6-8-21(9-7-20)27(28,29)30/h6-11,19,22-23H,4-5,12-16,31H2,1-3H3/t19-,22+,23+/m0/s1. The van der Waals surface area contributed by atoms with Gasteiger partial charge in [0.25, 0.3) is 5.91 Å². The second-order valence-electron chi connectivity index (χ2n) is 9.70. The Bertz CT molecular complexity index is 1050. The van der Waals surface area contributed by atoms with Crippen molar-refractivity contribution in [3.05, 3.63) is 64.2 Å². The number of fused-ring (bicyclic) bond motifs is 2. The van der Waals surface area contributed by atoms with Crippen LogP contribution in [0, 0.1) is 13.8 Å². The summed E-state index contributed by atoms with van der Waals surface area (Å²) in [5, 5.41) is 0. The monoisotopic (exact) mass is 489 g/mol. The lowest BCUT2D eigenvalue weighted by Crippen LogP contribution is -2.49. The maximum atomic E-state index is 13.0. The van der Waals surface area contributed by atoms with Crippen molar-refractivity contribution in [1.82, 2.24) is 9.80 Å². The molecule has 0 saturated carbocycles. The Hall–Kier alpha value is -2.58. The highest BCUT2D eigenvalue weighted by Gasteiger charge is 2.47. The second-order valence-corrected chi connectivity index (χ2v) is 9.70. The van der Waals surface area contributed by atoms with E-state index in [1.54, 1.807) is 0 Å². The minimum atomic E-state index is -4.41. The molecule has 2 fully saturated rings. The van der Waals surface area contributed by atoms with Gasteiger partial charge in [-0.15, -0.1) is 0 Å². The molecule has 3 atom stereocenters. The van der Waals surface area contributed by atoms with Crippen molar-refractivity contribution < 1.29 is 22.7 Å². The zero-order chi connectivity index (χ0) is 25.3. The van der Waals surface area contributed by atoms with Crippen molar-refractivity contribution in [2.75, 3.05) is 26.2 Å². The molecule has 2 aliphatic rings. The molecular formula is C27H34F3N3O2. The molecular weight excluding hydrogens is 455 g/mol. The number of carbonyl (C=O) groups excluding carboxylic acids is 1. The topological polar surface area (TPSA) is 58.8 Å². The summed E-state index contributed by atoms with van der Waals surface area (Å²) in [4.78, 5) is 17.3. The van der Waals surface area contributed by atoms with Gasteiger partial charge in [0.15, 0.2) is 0 Å². The zero-order valence-electron chi connectivity index (χ0n) is 20.6. The molecule has 2 aliphatic heterocycles. The smallest absolute Gasteiger partial charge is 0.416 e. The summed E-state index contributed by atoms with van der Waals surface area (Å²) in [6, 6.07) is 9.21. The van der Waals surface area contributed by atoms with Gasteiger partial charge in [-0.25, -0.2) is 0 Å². The molecule has 2 bridgehead atoms. The van der Waals surface area contributed by atoms with E-state index in [4.69, 9.17) is 10.5 Å². The van der Waals surface area contributed by atoms with Gasteiger partial charge in [-0.05, 0) is 93.6 Å². The molecule has 0 aliphatic carbocycles. The highest BCUT2D eigenvalue weighted by Crippen LogP contribution is 2.39. The van der Waals surface area contributed by atoms with E-state index in [1.807, 2.05) is 11.0 Å². The number of unbranched alkanes of at least 4 members (excludes halogenated alkanes) is 1. The maximum absolute atomic E-state index is 13.0. The Kier molecular flexibility index (Phi) is 7.43. The van der Waals surface area contributed by atoms with Gasteiger partial charge in [0.2, 0.25) is 0 Å². The van der Waals surface area contributed by atoms with E-state index in [0.29, 0.717) is 25.3 Å². The van der Waals surface area contributed by atoms with Gasteiger partial charge < -0.3 is 15.4 Å². The predicted molar refractivity (Wildman–Crippen MR) is 129 cm³/mol. The first kappa shape index (κ1) is 25.5. The van der Waals surface area contributed by atoms with E-state index in [0.717, 1.165) is 49.3 Å². The van der Waals surface area contributed by atoms with Crippen LogP contribution in [0.1, 0.15) is 64.8 Å². The van der Waals surface area contributed by atoms with Crippen LogP contribution in [0.5, 0.6) is 5.75 Å². The molecule has 0 spiro atoms. The molecule has 0 unspecified atom stereocenters. The van der Waals surface area contributed by atoms with Gasteiger partial charge in [0.05, 0.1) is 12.2 Å². The van der Waals surface area contributed by atoms with Gasteiger partial charge in [0.1, 0.15) is 5.75 Å². The number of benzene rings is 2. The molecule has 8 heteroatoms. The molecule has 0 radical (unpaired) electrons. The van der Waals surface area contributed by atoms with Crippen molar-refractivity contribution in [3.8, 4) is 5.75 Å². The normalized spacial score (nSPS) is 20.9.